The lowest BCUT2D eigenvalue weighted by Crippen LogP contribution is -2.12. The lowest BCUT2D eigenvalue weighted by Gasteiger charge is -2.06. The molecule has 1 aromatic carbocycles. The highest BCUT2D eigenvalue weighted by atomic mass is 79.9. The van der Waals surface area contributed by atoms with Crippen molar-refractivity contribution >= 4 is 44.0 Å². The molecule has 0 spiro atoms. The van der Waals surface area contributed by atoms with E-state index in [0.29, 0.717) is 5.75 Å². The van der Waals surface area contributed by atoms with Crippen molar-refractivity contribution in [2.45, 2.75) is 11.5 Å². The van der Waals surface area contributed by atoms with Crippen molar-refractivity contribution in [2.75, 3.05) is 7.11 Å². The second kappa shape index (κ2) is 6.85. The molecule has 3 rings (SSSR count). The lowest BCUT2D eigenvalue weighted by molar-refractivity contribution is 0.412. The molecule has 2 heterocycles. The topological polar surface area (TPSA) is 43.6 Å². The van der Waals surface area contributed by atoms with Crippen LogP contribution in [0.3, 0.4) is 0 Å². The summed E-state index contributed by atoms with van der Waals surface area (Å²) in [4.78, 5) is 17.2. The molecular weight excluding hydrogens is 384 g/mol. The first-order valence-corrected chi connectivity index (χ1v) is 9.36. The van der Waals surface area contributed by atoms with Gasteiger partial charge in [-0.15, -0.1) is 11.3 Å². The van der Waals surface area contributed by atoms with Crippen molar-refractivity contribution in [3.63, 3.8) is 0 Å². The van der Waals surface area contributed by atoms with Crippen LogP contribution >= 0.6 is 39.0 Å². The summed E-state index contributed by atoms with van der Waals surface area (Å²) in [5, 5.41) is 1.87. The van der Waals surface area contributed by atoms with Crippen molar-refractivity contribution in [1.29, 1.82) is 0 Å². The van der Waals surface area contributed by atoms with E-state index in [1.54, 1.807) is 35.5 Å². The van der Waals surface area contributed by atoms with Crippen molar-refractivity contribution in [3.8, 4) is 5.75 Å². The summed E-state index contributed by atoms with van der Waals surface area (Å²) in [6.45, 7) is 0. The van der Waals surface area contributed by atoms with Crippen LogP contribution in [0.4, 0.5) is 0 Å². The maximum atomic E-state index is 11.9. The molecule has 7 heteroatoms. The van der Waals surface area contributed by atoms with Crippen LogP contribution < -0.4 is 10.3 Å². The van der Waals surface area contributed by atoms with Crippen molar-refractivity contribution in [3.05, 3.63) is 61.9 Å². The molecule has 0 bridgehead atoms. The Morgan fingerprint density at radius 2 is 2.23 bits per heavy atom. The fourth-order valence-corrected chi connectivity index (χ4v) is 4.24. The van der Waals surface area contributed by atoms with Crippen LogP contribution in [0.25, 0.3) is 4.96 Å². The third-order valence-corrected chi connectivity index (χ3v) is 5.50. The van der Waals surface area contributed by atoms with Gasteiger partial charge < -0.3 is 4.74 Å². The van der Waals surface area contributed by atoms with Gasteiger partial charge in [0.2, 0.25) is 0 Å². The number of thiazole rings is 1. The highest BCUT2D eigenvalue weighted by Crippen LogP contribution is 2.27. The van der Waals surface area contributed by atoms with E-state index in [0.717, 1.165) is 26.6 Å². The van der Waals surface area contributed by atoms with Crippen LogP contribution in [0, 0.1) is 0 Å². The largest absolute Gasteiger partial charge is 0.496 e. The summed E-state index contributed by atoms with van der Waals surface area (Å²) in [7, 11) is 1.65. The molecule has 0 fully saturated rings. The molecule has 0 amide bonds. The number of ether oxygens (including phenoxy) is 1. The Morgan fingerprint density at radius 3 is 3.00 bits per heavy atom. The van der Waals surface area contributed by atoms with Gasteiger partial charge in [0.15, 0.2) is 4.96 Å². The smallest absolute Gasteiger partial charge is 0.258 e. The molecule has 114 valence electrons. The average molecular weight is 397 g/mol. The van der Waals surface area contributed by atoms with E-state index in [1.165, 1.54) is 16.9 Å². The predicted octanol–water partition coefficient (Wildman–Crippen LogP) is 3.96. The van der Waals surface area contributed by atoms with Crippen molar-refractivity contribution < 1.29 is 4.74 Å². The van der Waals surface area contributed by atoms with Gasteiger partial charge in [-0.3, -0.25) is 9.20 Å². The maximum absolute atomic E-state index is 11.9. The van der Waals surface area contributed by atoms with Gasteiger partial charge in [-0.05, 0) is 33.6 Å². The molecule has 0 aliphatic rings. The Balaban J connectivity index is 1.67. The SMILES string of the molecule is COc1ccc(CSCc2cc(=O)n3ccsc3n2)cc1Br. The minimum atomic E-state index is -0.0194. The molecule has 0 unspecified atom stereocenters. The predicted molar refractivity (Wildman–Crippen MR) is 95.0 cm³/mol. The zero-order valence-corrected chi connectivity index (χ0v) is 15.0. The summed E-state index contributed by atoms with van der Waals surface area (Å²) < 4.78 is 7.74. The van der Waals surface area contributed by atoms with E-state index in [-0.39, 0.29) is 5.56 Å². The van der Waals surface area contributed by atoms with Crippen molar-refractivity contribution in [2.24, 2.45) is 0 Å². The fourth-order valence-electron chi connectivity index (χ4n) is 2.03. The third kappa shape index (κ3) is 3.37. The van der Waals surface area contributed by atoms with Gasteiger partial charge in [-0.2, -0.15) is 11.8 Å². The molecule has 0 radical (unpaired) electrons. The molecular formula is C15H13BrN2O2S2. The number of fused-ring (bicyclic) bond motifs is 1. The number of methoxy groups -OCH3 is 1. The van der Waals surface area contributed by atoms with E-state index < -0.39 is 0 Å². The summed E-state index contributed by atoms with van der Waals surface area (Å²) in [5.74, 6) is 2.40. The first-order chi connectivity index (χ1) is 10.7. The second-order valence-corrected chi connectivity index (χ2v) is 7.32. The Hall–Kier alpha value is -1.31. The van der Waals surface area contributed by atoms with Crippen LogP contribution in [0.2, 0.25) is 0 Å². The fraction of sp³-hybridized carbons (Fsp3) is 0.200. The molecule has 2 aromatic heterocycles. The van der Waals surface area contributed by atoms with Crippen molar-refractivity contribution in [1.82, 2.24) is 9.38 Å². The molecule has 4 nitrogen and oxygen atoms in total. The average Bonchev–Trinajstić information content (AvgIpc) is 2.96. The minimum absolute atomic E-state index is 0.0194. The summed E-state index contributed by atoms with van der Waals surface area (Å²) in [6.07, 6.45) is 1.75. The van der Waals surface area contributed by atoms with Gasteiger partial charge in [0, 0.05) is 29.1 Å². The first kappa shape index (κ1) is 15.6. The van der Waals surface area contributed by atoms with Crippen LogP contribution in [-0.4, -0.2) is 16.5 Å². The molecule has 22 heavy (non-hydrogen) atoms. The van der Waals surface area contributed by atoms with Gasteiger partial charge in [0.1, 0.15) is 5.75 Å². The minimum Gasteiger partial charge on any atom is -0.496 e. The van der Waals surface area contributed by atoms with Gasteiger partial charge in [0.05, 0.1) is 17.3 Å². The van der Waals surface area contributed by atoms with Crippen LogP contribution in [0.15, 0.2) is 45.1 Å². The van der Waals surface area contributed by atoms with Gasteiger partial charge in [-0.25, -0.2) is 4.98 Å². The number of aromatic nitrogens is 2. The molecule has 0 saturated carbocycles. The van der Waals surface area contributed by atoms with Crippen LogP contribution in [0.1, 0.15) is 11.3 Å². The molecule has 0 N–H and O–H groups in total. The van der Waals surface area contributed by atoms with Gasteiger partial charge in [-0.1, -0.05) is 6.07 Å². The first-order valence-electron chi connectivity index (χ1n) is 6.53. The number of nitrogens with zero attached hydrogens (tertiary/aromatic N) is 2. The Bertz CT molecular complexity index is 860. The van der Waals surface area contributed by atoms with E-state index >= 15 is 0 Å². The molecule has 0 atom stereocenters. The van der Waals surface area contributed by atoms with Gasteiger partial charge in [0.25, 0.3) is 5.56 Å². The number of rotatable bonds is 5. The standard InChI is InChI=1S/C15H13BrN2O2S2/c1-20-13-3-2-10(6-12(13)16)8-21-9-11-7-14(19)18-4-5-22-15(18)17-11/h2-7H,8-9H2,1H3. The van der Waals surface area contributed by atoms with Gasteiger partial charge >= 0.3 is 0 Å². The zero-order valence-electron chi connectivity index (χ0n) is 11.8. The Labute approximate surface area is 144 Å². The Morgan fingerprint density at radius 1 is 1.36 bits per heavy atom. The quantitative estimate of drug-likeness (QED) is 0.654. The van der Waals surface area contributed by atoms with E-state index in [1.807, 2.05) is 17.5 Å². The number of hydrogen-bond acceptors (Lipinski definition) is 5. The molecule has 0 saturated heterocycles. The van der Waals surface area contributed by atoms with Crippen LogP contribution in [-0.2, 0) is 11.5 Å². The normalized spacial score (nSPS) is 11.0. The van der Waals surface area contributed by atoms with E-state index in [9.17, 15) is 4.79 Å². The number of thioether (sulfide) groups is 1. The molecule has 3 aromatic rings. The number of halogens is 1. The summed E-state index contributed by atoms with van der Waals surface area (Å²) >= 11 is 6.69. The third-order valence-electron chi connectivity index (χ3n) is 3.09. The van der Waals surface area contributed by atoms with Crippen LogP contribution in [0.5, 0.6) is 5.75 Å². The summed E-state index contributed by atoms with van der Waals surface area (Å²) in [6, 6.07) is 7.65. The Kier molecular flexibility index (Phi) is 4.85. The maximum Gasteiger partial charge on any atom is 0.258 e. The van der Waals surface area contributed by atoms with E-state index in [2.05, 4.69) is 27.0 Å². The zero-order chi connectivity index (χ0) is 15.5. The number of benzene rings is 1. The highest BCUT2D eigenvalue weighted by molar-refractivity contribution is 9.10. The monoisotopic (exact) mass is 396 g/mol. The molecule has 0 aliphatic heterocycles. The molecule has 0 aliphatic carbocycles. The summed E-state index contributed by atoms with van der Waals surface area (Å²) in [5.41, 5.74) is 2.01. The second-order valence-electron chi connectivity index (χ2n) is 4.60. The lowest BCUT2D eigenvalue weighted by atomic mass is 10.2. The van der Waals surface area contributed by atoms with E-state index in [4.69, 9.17) is 4.74 Å². The number of hydrogen-bond donors (Lipinski definition) is 0. The highest BCUT2D eigenvalue weighted by Gasteiger charge is 2.05.